The van der Waals surface area contributed by atoms with E-state index in [1.54, 1.807) is 33.9 Å². The van der Waals surface area contributed by atoms with Gasteiger partial charge in [-0.3, -0.25) is 0 Å². The molecule has 0 aliphatic carbocycles. The van der Waals surface area contributed by atoms with Crippen molar-refractivity contribution in [1.29, 1.82) is 0 Å². The van der Waals surface area contributed by atoms with E-state index in [1.165, 1.54) is 6.07 Å². The molecule has 0 radical (unpaired) electrons. The molecule has 2 aliphatic rings. The zero-order chi connectivity index (χ0) is 21.4. The molecule has 31 heavy (non-hydrogen) atoms. The number of fused-ring (bicyclic) bond motifs is 1. The topological polar surface area (TPSA) is 81.9 Å². The van der Waals surface area contributed by atoms with Gasteiger partial charge >= 0.3 is 6.03 Å². The van der Waals surface area contributed by atoms with Crippen LogP contribution in [-0.2, 0) is 0 Å². The minimum absolute atomic E-state index is 0.162. The molecule has 2 fully saturated rings. The maximum Gasteiger partial charge on any atom is 0.321 e. The lowest BCUT2D eigenvalue weighted by Gasteiger charge is -2.32. The molecule has 4 heterocycles. The quantitative estimate of drug-likeness (QED) is 0.695. The van der Waals surface area contributed by atoms with Gasteiger partial charge in [-0.15, -0.1) is 5.10 Å². The van der Waals surface area contributed by atoms with Crippen molar-refractivity contribution in [3.63, 3.8) is 0 Å². The Kier molecular flexibility index (Phi) is 5.14. The summed E-state index contributed by atoms with van der Waals surface area (Å²) in [5, 5.41) is 7.48. The van der Waals surface area contributed by atoms with Crippen molar-refractivity contribution in [3.8, 4) is 11.3 Å². The number of hydrogen-bond acceptors (Lipinski definition) is 6. The average Bonchev–Trinajstić information content (AvgIpc) is 3.45. The first kappa shape index (κ1) is 19.7. The minimum atomic E-state index is -0.415. The third kappa shape index (κ3) is 4.02. The second-order valence-corrected chi connectivity index (χ2v) is 8.10. The van der Waals surface area contributed by atoms with Gasteiger partial charge in [0.25, 0.3) is 5.78 Å². The number of carbonyl (C=O) groups is 1. The van der Waals surface area contributed by atoms with E-state index in [0.717, 1.165) is 57.9 Å². The number of benzene rings is 1. The first-order valence-electron chi connectivity index (χ1n) is 10.6. The van der Waals surface area contributed by atoms with E-state index >= 15 is 0 Å². The molecule has 2 amide bonds. The molecule has 10 heteroatoms. The monoisotopic (exact) mass is 424 g/mol. The van der Waals surface area contributed by atoms with E-state index in [0.29, 0.717) is 22.7 Å². The summed E-state index contributed by atoms with van der Waals surface area (Å²) >= 11 is 0. The number of amides is 2. The molecule has 0 bridgehead atoms. The second-order valence-electron chi connectivity index (χ2n) is 8.10. The number of likely N-dealkylation sites (tertiary alicyclic amines) is 1. The third-order valence-electron chi connectivity index (χ3n) is 5.89. The van der Waals surface area contributed by atoms with Gasteiger partial charge in [-0.1, -0.05) is 0 Å². The molecular weight excluding hydrogens is 399 g/mol. The van der Waals surface area contributed by atoms with E-state index in [2.05, 4.69) is 37.2 Å². The van der Waals surface area contributed by atoms with Crippen molar-refractivity contribution in [2.24, 2.45) is 0 Å². The number of nitrogens with one attached hydrogen (secondary N) is 1. The Balaban J connectivity index is 1.40. The molecule has 0 saturated carbocycles. The number of imidazole rings is 1. The Hall–Kier alpha value is -3.27. The fourth-order valence-corrected chi connectivity index (χ4v) is 4.01. The number of rotatable bonds is 3. The lowest BCUT2D eigenvalue weighted by atomic mass is 10.1. The Morgan fingerprint density at radius 3 is 2.65 bits per heavy atom. The van der Waals surface area contributed by atoms with Gasteiger partial charge in [0.15, 0.2) is 5.82 Å². The van der Waals surface area contributed by atoms with Crippen molar-refractivity contribution < 1.29 is 9.18 Å². The number of likely N-dealkylation sites (N-methyl/N-ethyl adjacent to an activating group) is 1. The highest BCUT2D eigenvalue weighted by Gasteiger charge is 2.20. The maximum absolute atomic E-state index is 14.6. The van der Waals surface area contributed by atoms with Gasteiger partial charge in [-0.2, -0.15) is 0 Å². The van der Waals surface area contributed by atoms with Crippen molar-refractivity contribution in [2.45, 2.75) is 12.8 Å². The van der Waals surface area contributed by atoms with Gasteiger partial charge in [0, 0.05) is 50.5 Å². The number of anilines is 2. The summed E-state index contributed by atoms with van der Waals surface area (Å²) in [6.07, 6.45) is 5.41. The molecule has 162 valence electrons. The average molecular weight is 424 g/mol. The lowest BCUT2D eigenvalue weighted by Crippen LogP contribution is -2.45. The predicted octanol–water partition coefficient (Wildman–Crippen LogP) is 2.31. The van der Waals surface area contributed by atoms with Gasteiger partial charge < -0.3 is 20.0 Å². The van der Waals surface area contributed by atoms with Crippen LogP contribution in [-0.4, -0.2) is 81.7 Å². The highest BCUT2D eigenvalue weighted by atomic mass is 19.1. The molecule has 0 unspecified atom stereocenters. The van der Waals surface area contributed by atoms with Crippen LogP contribution in [0.1, 0.15) is 12.8 Å². The van der Waals surface area contributed by atoms with Crippen molar-refractivity contribution in [2.75, 3.05) is 56.5 Å². The second kappa shape index (κ2) is 8.10. The van der Waals surface area contributed by atoms with Gasteiger partial charge in [-0.05, 0) is 38.1 Å². The van der Waals surface area contributed by atoms with Crippen molar-refractivity contribution in [1.82, 2.24) is 29.4 Å². The molecule has 0 atom stereocenters. The molecule has 1 aromatic carbocycles. The normalized spacial score (nSPS) is 17.5. The van der Waals surface area contributed by atoms with Crippen LogP contribution < -0.4 is 10.2 Å². The molecule has 2 aromatic heterocycles. The standard InChI is InChI=1S/C21H25FN8O/c1-27-8-10-28(11-9-27)19-13-23-20-25-18(14-30(20)26-19)16-12-15(4-5-17(16)22)24-21(31)29-6-2-3-7-29/h4-5,12-14H,2-3,6-11H2,1H3,(H,24,31). The van der Waals surface area contributed by atoms with E-state index in [4.69, 9.17) is 0 Å². The molecule has 2 saturated heterocycles. The largest absolute Gasteiger partial charge is 0.351 e. The van der Waals surface area contributed by atoms with Crippen LogP contribution in [0.15, 0.2) is 30.6 Å². The van der Waals surface area contributed by atoms with Crippen molar-refractivity contribution >= 4 is 23.3 Å². The summed E-state index contributed by atoms with van der Waals surface area (Å²) in [7, 11) is 2.10. The first-order valence-corrected chi connectivity index (χ1v) is 10.6. The lowest BCUT2D eigenvalue weighted by molar-refractivity contribution is 0.222. The number of halogens is 1. The molecule has 3 aromatic rings. The van der Waals surface area contributed by atoms with E-state index in [-0.39, 0.29) is 6.03 Å². The SMILES string of the molecule is CN1CCN(c2cnc3nc(-c4cc(NC(=O)N5CCCC5)ccc4F)cn3n2)CC1. The number of piperazine rings is 1. The molecule has 1 N–H and O–H groups in total. The smallest absolute Gasteiger partial charge is 0.321 e. The molecule has 0 spiro atoms. The molecule has 2 aliphatic heterocycles. The Bertz CT molecular complexity index is 1100. The summed E-state index contributed by atoms with van der Waals surface area (Å²) in [6, 6.07) is 4.34. The Labute approximate surface area is 179 Å². The Morgan fingerprint density at radius 1 is 1.10 bits per heavy atom. The van der Waals surface area contributed by atoms with Crippen LogP contribution in [0.4, 0.5) is 20.7 Å². The first-order chi connectivity index (χ1) is 15.1. The molecule has 5 rings (SSSR count). The number of urea groups is 1. The van der Waals surface area contributed by atoms with E-state index in [9.17, 15) is 9.18 Å². The highest BCUT2D eigenvalue weighted by Crippen LogP contribution is 2.26. The van der Waals surface area contributed by atoms with E-state index in [1.807, 2.05) is 0 Å². The Morgan fingerprint density at radius 2 is 1.87 bits per heavy atom. The van der Waals surface area contributed by atoms with Crippen LogP contribution in [0.25, 0.3) is 17.0 Å². The minimum Gasteiger partial charge on any atom is -0.351 e. The van der Waals surface area contributed by atoms with Crippen LogP contribution in [0.3, 0.4) is 0 Å². The molecular formula is C21H25FN8O. The number of hydrogen-bond donors (Lipinski definition) is 1. The van der Waals surface area contributed by atoms with Gasteiger partial charge in [0.2, 0.25) is 0 Å². The molecule has 9 nitrogen and oxygen atoms in total. The van der Waals surface area contributed by atoms with Gasteiger partial charge in [0.05, 0.1) is 18.1 Å². The fraction of sp³-hybridized carbons (Fsp3) is 0.429. The zero-order valence-corrected chi connectivity index (χ0v) is 17.5. The van der Waals surface area contributed by atoms with Crippen LogP contribution in [0.5, 0.6) is 0 Å². The highest BCUT2D eigenvalue weighted by molar-refractivity contribution is 5.90. The van der Waals surface area contributed by atoms with Crippen LogP contribution in [0, 0.1) is 5.82 Å². The fourth-order valence-electron chi connectivity index (χ4n) is 4.01. The third-order valence-corrected chi connectivity index (χ3v) is 5.89. The number of nitrogens with zero attached hydrogens (tertiary/aromatic N) is 7. The van der Waals surface area contributed by atoms with Gasteiger partial charge in [0.1, 0.15) is 5.82 Å². The maximum atomic E-state index is 14.6. The number of carbonyl (C=O) groups excluding carboxylic acids is 1. The van der Waals surface area contributed by atoms with Crippen molar-refractivity contribution in [3.05, 3.63) is 36.4 Å². The number of aromatic nitrogens is 4. The predicted molar refractivity (Wildman–Crippen MR) is 116 cm³/mol. The van der Waals surface area contributed by atoms with Crippen LogP contribution >= 0.6 is 0 Å². The summed E-state index contributed by atoms with van der Waals surface area (Å²) < 4.78 is 16.2. The van der Waals surface area contributed by atoms with E-state index < -0.39 is 5.82 Å². The summed E-state index contributed by atoms with van der Waals surface area (Å²) in [4.78, 5) is 27.4. The summed E-state index contributed by atoms with van der Waals surface area (Å²) in [6.45, 7) is 5.20. The summed E-state index contributed by atoms with van der Waals surface area (Å²) in [5.74, 6) is 0.761. The van der Waals surface area contributed by atoms with Gasteiger partial charge in [-0.25, -0.2) is 23.7 Å². The zero-order valence-electron chi connectivity index (χ0n) is 17.5. The van der Waals surface area contributed by atoms with Crippen LogP contribution in [0.2, 0.25) is 0 Å². The summed E-state index contributed by atoms with van der Waals surface area (Å²) in [5.41, 5.74) is 1.25.